The maximum absolute atomic E-state index is 13.3. The Labute approximate surface area is 167 Å². The van der Waals surface area contributed by atoms with Crippen molar-refractivity contribution in [2.24, 2.45) is 0 Å². The van der Waals surface area contributed by atoms with Crippen molar-refractivity contribution in [3.8, 4) is 0 Å². The zero-order valence-electron chi connectivity index (χ0n) is 16.4. The predicted molar refractivity (Wildman–Crippen MR) is 109 cm³/mol. The molecule has 6 nitrogen and oxygen atoms in total. The molecule has 0 radical (unpaired) electrons. The monoisotopic (exact) mass is 401 g/mol. The lowest BCUT2D eigenvalue weighted by Crippen LogP contribution is -2.53. The maximum Gasteiger partial charge on any atom is 0.334 e. The topological polar surface area (TPSA) is 60.9 Å². The fourth-order valence-electron chi connectivity index (χ4n) is 3.26. The number of benzene rings is 2. The lowest BCUT2D eigenvalue weighted by molar-refractivity contribution is 0.129. The molecule has 2 aromatic rings. The number of carbonyl (C=O) groups is 1. The van der Waals surface area contributed by atoms with E-state index in [0.29, 0.717) is 13.1 Å². The predicted octanol–water partition coefficient (Wildman–Crippen LogP) is 2.94. The molecule has 1 fully saturated rings. The minimum absolute atomic E-state index is 0.0177. The van der Waals surface area contributed by atoms with Gasteiger partial charge in [0.1, 0.15) is 0 Å². The summed E-state index contributed by atoms with van der Waals surface area (Å²) in [6, 6.07) is 15.4. The molecular formula is C21H27N3O3S. The maximum atomic E-state index is 13.3. The molecular weight excluding hydrogens is 374 g/mol. The summed E-state index contributed by atoms with van der Waals surface area (Å²) in [6.07, 6.45) is 0. The highest BCUT2D eigenvalue weighted by molar-refractivity contribution is 7.89. The molecule has 0 unspecified atom stereocenters. The van der Waals surface area contributed by atoms with Gasteiger partial charge in [-0.25, -0.2) is 17.5 Å². The minimum atomic E-state index is -3.96. The normalized spacial score (nSPS) is 15.4. The third-order valence-corrected chi connectivity index (χ3v) is 6.81. The first-order chi connectivity index (χ1) is 13.4. The molecule has 1 aliphatic rings. The molecule has 2 amide bonds. The smallest absolute Gasteiger partial charge is 0.321 e. The van der Waals surface area contributed by atoms with Crippen LogP contribution in [0, 0.1) is 6.92 Å². The number of urea groups is 1. The third kappa shape index (κ3) is 4.54. The molecule has 0 saturated carbocycles. The fourth-order valence-corrected chi connectivity index (χ4v) is 4.63. The Morgan fingerprint density at radius 1 is 0.964 bits per heavy atom. The Bertz CT molecular complexity index is 890. The number of sulfonamides is 1. The van der Waals surface area contributed by atoms with Crippen molar-refractivity contribution < 1.29 is 13.2 Å². The zero-order valence-corrected chi connectivity index (χ0v) is 17.2. The van der Waals surface area contributed by atoms with Crippen LogP contribution in [0.15, 0.2) is 59.5 Å². The van der Waals surface area contributed by atoms with Gasteiger partial charge in [-0.15, -0.1) is 0 Å². The quantitative estimate of drug-likeness (QED) is 0.773. The van der Waals surface area contributed by atoms with Crippen molar-refractivity contribution in [1.82, 2.24) is 14.1 Å². The lowest BCUT2D eigenvalue weighted by Gasteiger charge is -2.36. The molecule has 0 atom stereocenters. The van der Waals surface area contributed by atoms with Gasteiger partial charge in [0.25, 0.3) is 10.0 Å². The van der Waals surface area contributed by atoms with E-state index in [9.17, 15) is 13.2 Å². The molecule has 0 spiro atoms. The molecule has 7 heteroatoms. The second kappa shape index (κ2) is 8.75. The molecule has 0 aliphatic carbocycles. The molecule has 2 aromatic carbocycles. The van der Waals surface area contributed by atoms with Crippen molar-refractivity contribution in [2.75, 3.05) is 32.7 Å². The van der Waals surface area contributed by atoms with Crippen LogP contribution < -0.4 is 0 Å². The zero-order chi connectivity index (χ0) is 20.1. The second-order valence-electron chi connectivity index (χ2n) is 7.01. The Hall–Kier alpha value is -2.38. The van der Waals surface area contributed by atoms with Crippen LogP contribution in [0.1, 0.15) is 18.1 Å². The summed E-state index contributed by atoms with van der Waals surface area (Å²) in [5.74, 6) is 0. The van der Waals surface area contributed by atoms with E-state index in [1.807, 2.05) is 37.3 Å². The van der Waals surface area contributed by atoms with Gasteiger partial charge >= 0.3 is 6.03 Å². The first kappa shape index (κ1) is 20.4. The van der Waals surface area contributed by atoms with Gasteiger partial charge in [0.2, 0.25) is 0 Å². The van der Waals surface area contributed by atoms with Gasteiger partial charge in [-0.2, -0.15) is 0 Å². The average Bonchev–Trinajstić information content (AvgIpc) is 2.72. The average molecular weight is 402 g/mol. The van der Waals surface area contributed by atoms with E-state index in [0.717, 1.165) is 35.1 Å². The van der Waals surface area contributed by atoms with E-state index in [1.165, 1.54) is 0 Å². The highest BCUT2D eigenvalue weighted by Crippen LogP contribution is 2.21. The van der Waals surface area contributed by atoms with E-state index in [-0.39, 0.29) is 11.4 Å². The Balaban J connectivity index is 1.90. The summed E-state index contributed by atoms with van der Waals surface area (Å²) >= 11 is 0. The van der Waals surface area contributed by atoms with Crippen molar-refractivity contribution >= 4 is 16.1 Å². The molecule has 3 rings (SSSR count). The number of amides is 2. The van der Waals surface area contributed by atoms with Crippen LogP contribution in [0.2, 0.25) is 0 Å². The van der Waals surface area contributed by atoms with Crippen molar-refractivity contribution in [1.29, 1.82) is 0 Å². The van der Waals surface area contributed by atoms with Crippen LogP contribution in [0.25, 0.3) is 0 Å². The molecule has 0 N–H and O–H groups in total. The van der Waals surface area contributed by atoms with Crippen LogP contribution >= 0.6 is 0 Å². The summed E-state index contributed by atoms with van der Waals surface area (Å²) in [5, 5.41) is 0. The summed E-state index contributed by atoms with van der Waals surface area (Å²) in [4.78, 5) is 17.3. The highest BCUT2D eigenvalue weighted by atomic mass is 32.2. The standard InChI is InChI=1S/C21H27N3O3S/c1-3-22-13-15-23(16-14-22)21(25)24(17-19-7-5-4-6-8-19)28(26,27)20-11-9-18(2)10-12-20/h4-12H,3,13-17H2,1-2H3. The molecule has 0 bridgehead atoms. The Morgan fingerprint density at radius 2 is 1.57 bits per heavy atom. The van der Waals surface area contributed by atoms with Crippen LogP contribution in [0.4, 0.5) is 4.79 Å². The van der Waals surface area contributed by atoms with Crippen LogP contribution in [0.3, 0.4) is 0 Å². The van der Waals surface area contributed by atoms with Crippen LogP contribution in [-0.2, 0) is 16.6 Å². The van der Waals surface area contributed by atoms with Gasteiger partial charge in [0.05, 0.1) is 11.4 Å². The SMILES string of the molecule is CCN1CCN(C(=O)N(Cc2ccccc2)S(=O)(=O)c2ccc(C)cc2)CC1. The number of nitrogens with zero attached hydrogens (tertiary/aromatic N) is 3. The number of hydrogen-bond acceptors (Lipinski definition) is 4. The summed E-state index contributed by atoms with van der Waals surface area (Å²) in [6.45, 7) is 7.50. The van der Waals surface area contributed by atoms with Crippen molar-refractivity contribution in [3.05, 3.63) is 65.7 Å². The van der Waals surface area contributed by atoms with E-state index in [2.05, 4.69) is 11.8 Å². The first-order valence-electron chi connectivity index (χ1n) is 9.56. The second-order valence-corrected chi connectivity index (χ2v) is 8.88. The van der Waals surface area contributed by atoms with Crippen molar-refractivity contribution in [2.45, 2.75) is 25.3 Å². The number of rotatable bonds is 5. The molecule has 150 valence electrons. The minimum Gasteiger partial charge on any atom is -0.321 e. The summed E-state index contributed by atoms with van der Waals surface area (Å²) in [7, 11) is -3.96. The van der Waals surface area contributed by atoms with Gasteiger partial charge < -0.3 is 9.80 Å². The van der Waals surface area contributed by atoms with E-state index in [4.69, 9.17) is 0 Å². The van der Waals surface area contributed by atoms with Gasteiger partial charge in [0, 0.05) is 26.2 Å². The van der Waals surface area contributed by atoms with Crippen LogP contribution in [0.5, 0.6) is 0 Å². The largest absolute Gasteiger partial charge is 0.334 e. The van der Waals surface area contributed by atoms with Gasteiger partial charge in [-0.1, -0.05) is 55.0 Å². The Kier molecular flexibility index (Phi) is 6.36. The molecule has 1 heterocycles. The van der Waals surface area contributed by atoms with E-state index >= 15 is 0 Å². The Morgan fingerprint density at radius 3 is 2.14 bits per heavy atom. The van der Waals surface area contributed by atoms with Gasteiger partial charge in [0.15, 0.2) is 0 Å². The number of piperazine rings is 1. The first-order valence-corrected chi connectivity index (χ1v) is 11.0. The summed E-state index contributed by atoms with van der Waals surface area (Å²) < 4.78 is 27.6. The molecule has 1 aliphatic heterocycles. The lowest BCUT2D eigenvalue weighted by atomic mass is 10.2. The number of carbonyl (C=O) groups excluding carboxylic acids is 1. The van der Waals surface area contributed by atoms with Gasteiger partial charge in [-0.05, 0) is 31.2 Å². The van der Waals surface area contributed by atoms with Crippen molar-refractivity contribution in [3.63, 3.8) is 0 Å². The number of aryl methyl sites for hydroxylation is 1. The molecule has 1 saturated heterocycles. The third-order valence-electron chi connectivity index (χ3n) is 5.08. The molecule has 28 heavy (non-hydrogen) atoms. The number of hydrogen-bond donors (Lipinski definition) is 0. The molecule has 0 aromatic heterocycles. The van der Waals surface area contributed by atoms with E-state index in [1.54, 1.807) is 29.2 Å². The summed E-state index contributed by atoms with van der Waals surface area (Å²) in [5.41, 5.74) is 1.74. The number of likely N-dealkylation sites (N-methyl/N-ethyl adjacent to an activating group) is 1. The highest BCUT2D eigenvalue weighted by Gasteiger charge is 2.34. The van der Waals surface area contributed by atoms with Gasteiger partial charge in [-0.3, -0.25) is 0 Å². The van der Waals surface area contributed by atoms with E-state index < -0.39 is 16.1 Å². The van der Waals surface area contributed by atoms with Crippen LogP contribution in [-0.4, -0.2) is 61.3 Å². The fraction of sp³-hybridized carbons (Fsp3) is 0.381.